The van der Waals surface area contributed by atoms with E-state index in [2.05, 4.69) is 30.3 Å². The van der Waals surface area contributed by atoms with Crippen molar-refractivity contribution in [2.24, 2.45) is 0 Å². The molecular formula is C42H24F6. The molecule has 8 aromatic rings. The first-order chi connectivity index (χ1) is 23.1. The Bertz CT molecular complexity index is 2520. The summed E-state index contributed by atoms with van der Waals surface area (Å²) < 4.78 is 81.9. The van der Waals surface area contributed by atoms with Gasteiger partial charge in [0.15, 0.2) is 0 Å². The molecule has 0 aliphatic carbocycles. The quantitative estimate of drug-likeness (QED) is 0.102. The topological polar surface area (TPSA) is 0 Å². The van der Waals surface area contributed by atoms with E-state index < -0.39 is 23.5 Å². The summed E-state index contributed by atoms with van der Waals surface area (Å²) in [7, 11) is 0. The maximum atomic E-state index is 13.7. The van der Waals surface area contributed by atoms with E-state index in [1.807, 2.05) is 66.7 Å². The van der Waals surface area contributed by atoms with Crippen molar-refractivity contribution in [1.29, 1.82) is 0 Å². The first-order valence-corrected chi connectivity index (χ1v) is 15.3. The average Bonchev–Trinajstić information content (AvgIpc) is 3.09. The van der Waals surface area contributed by atoms with Gasteiger partial charge in [-0.1, -0.05) is 109 Å². The minimum Gasteiger partial charge on any atom is -0.166 e. The van der Waals surface area contributed by atoms with Gasteiger partial charge in [0.05, 0.1) is 11.1 Å². The molecule has 0 nitrogen and oxygen atoms in total. The zero-order valence-corrected chi connectivity index (χ0v) is 25.1. The standard InChI is InChI=1S/C42H24F6/c43-41(44,45)29-19-16-25(17-20-29)39-34-14-5-6-15-35(34)40(37-24-28-8-1-2-11-31(28)32-12-3-4-13-33(32)37)36-21-18-27(23-38(36)39)26-9-7-10-30(22-26)42(46,47)48/h1-24H. The number of rotatable bonds is 3. The number of hydrogen-bond donors (Lipinski definition) is 0. The van der Waals surface area contributed by atoms with Crippen molar-refractivity contribution in [3.05, 3.63) is 157 Å². The van der Waals surface area contributed by atoms with Crippen molar-refractivity contribution < 1.29 is 26.3 Å². The second-order valence-electron chi connectivity index (χ2n) is 11.9. The SMILES string of the molecule is FC(F)(F)c1ccc(-c2c3ccccc3c(-c3cc4ccccc4c4ccccc34)c3ccc(-c4cccc(C(F)(F)F)c4)cc23)cc1. The Morgan fingerprint density at radius 3 is 1.54 bits per heavy atom. The largest absolute Gasteiger partial charge is 0.416 e. The van der Waals surface area contributed by atoms with Gasteiger partial charge in [0, 0.05) is 0 Å². The lowest BCUT2D eigenvalue weighted by Gasteiger charge is -2.20. The zero-order valence-electron chi connectivity index (χ0n) is 25.1. The molecule has 6 heteroatoms. The Kier molecular flexibility index (Phi) is 6.81. The van der Waals surface area contributed by atoms with Crippen LogP contribution in [0.1, 0.15) is 11.1 Å². The molecule has 0 unspecified atom stereocenters. The molecule has 0 radical (unpaired) electrons. The highest BCUT2D eigenvalue weighted by atomic mass is 19.4. The number of hydrogen-bond acceptors (Lipinski definition) is 0. The van der Waals surface area contributed by atoms with Crippen molar-refractivity contribution in [2.45, 2.75) is 12.4 Å². The molecule has 0 saturated heterocycles. The van der Waals surface area contributed by atoms with Crippen molar-refractivity contribution in [1.82, 2.24) is 0 Å². The number of alkyl halides is 6. The first kappa shape index (κ1) is 29.8. The monoisotopic (exact) mass is 642 g/mol. The van der Waals surface area contributed by atoms with Crippen molar-refractivity contribution in [2.75, 3.05) is 0 Å². The van der Waals surface area contributed by atoms with Gasteiger partial charge in [-0.3, -0.25) is 0 Å². The van der Waals surface area contributed by atoms with Crippen LogP contribution >= 0.6 is 0 Å². The summed E-state index contributed by atoms with van der Waals surface area (Å²) in [6, 6.07) is 42.1. The van der Waals surface area contributed by atoms with E-state index >= 15 is 0 Å². The Labute approximate surface area is 271 Å². The highest BCUT2D eigenvalue weighted by molar-refractivity contribution is 6.26. The number of halogens is 6. The van der Waals surface area contributed by atoms with Crippen LogP contribution in [0.25, 0.3) is 76.5 Å². The third kappa shape index (κ3) is 4.96. The summed E-state index contributed by atoms with van der Waals surface area (Å²) in [4.78, 5) is 0. The number of benzene rings is 8. The van der Waals surface area contributed by atoms with Crippen molar-refractivity contribution >= 4 is 43.1 Å². The lowest BCUT2D eigenvalue weighted by Crippen LogP contribution is -2.04. The summed E-state index contributed by atoms with van der Waals surface area (Å²) >= 11 is 0. The average molecular weight is 643 g/mol. The molecular weight excluding hydrogens is 618 g/mol. The Morgan fingerprint density at radius 2 is 0.854 bits per heavy atom. The molecule has 0 N–H and O–H groups in total. The molecule has 0 saturated carbocycles. The third-order valence-corrected chi connectivity index (χ3v) is 9.09. The second kappa shape index (κ2) is 11.0. The summed E-state index contributed by atoms with van der Waals surface area (Å²) in [5.41, 5.74) is 2.62. The van der Waals surface area contributed by atoms with Gasteiger partial charge in [-0.25, -0.2) is 0 Å². The van der Waals surface area contributed by atoms with Crippen molar-refractivity contribution in [3.63, 3.8) is 0 Å². The maximum absolute atomic E-state index is 13.7. The van der Waals surface area contributed by atoms with E-state index in [1.54, 1.807) is 6.07 Å². The van der Waals surface area contributed by atoms with Crippen molar-refractivity contribution in [3.8, 4) is 33.4 Å². The predicted octanol–water partition coefficient (Wildman–Crippen LogP) is 13.3. The van der Waals surface area contributed by atoms with Crippen LogP contribution in [0.4, 0.5) is 26.3 Å². The zero-order chi connectivity index (χ0) is 33.2. The molecule has 48 heavy (non-hydrogen) atoms. The van der Waals surface area contributed by atoms with Gasteiger partial charge in [0.25, 0.3) is 0 Å². The summed E-state index contributed by atoms with van der Waals surface area (Å²) in [6.45, 7) is 0. The summed E-state index contributed by atoms with van der Waals surface area (Å²) in [5, 5.41) is 7.55. The maximum Gasteiger partial charge on any atom is 0.416 e. The van der Waals surface area contributed by atoms with E-state index in [1.165, 1.54) is 18.2 Å². The van der Waals surface area contributed by atoms with Crippen LogP contribution < -0.4 is 0 Å². The highest BCUT2D eigenvalue weighted by Gasteiger charge is 2.31. The van der Waals surface area contributed by atoms with Gasteiger partial charge in [0.2, 0.25) is 0 Å². The lowest BCUT2D eigenvalue weighted by atomic mass is 9.83. The normalized spacial score (nSPS) is 12.4. The Balaban J connectivity index is 1.51. The number of fused-ring (bicyclic) bond motifs is 5. The van der Waals surface area contributed by atoms with Gasteiger partial charge >= 0.3 is 12.4 Å². The molecule has 0 spiro atoms. The molecule has 8 rings (SSSR count). The molecule has 0 heterocycles. The van der Waals surface area contributed by atoms with Crippen LogP contribution in [0.2, 0.25) is 0 Å². The second-order valence-corrected chi connectivity index (χ2v) is 11.9. The van der Waals surface area contributed by atoms with E-state index in [9.17, 15) is 26.3 Å². The van der Waals surface area contributed by atoms with Gasteiger partial charge in [0.1, 0.15) is 0 Å². The molecule has 234 valence electrons. The fourth-order valence-corrected chi connectivity index (χ4v) is 6.92. The molecule has 0 aliphatic heterocycles. The Morgan fingerprint density at radius 1 is 0.312 bits per heavy atom. The van der Waals surface area contributed by atoms with Crippen LogP contribution in [0.5, 0.6) is 0 Å². The van der Waals surface area contributed by atoms with E-state index in [-0.39, 0.29) is 0 Å². The minimum absolute atomic E-state index is 0.385. The lowest BCUT2D eigenvalue weighted by molar-refractivity contribution is -0.138. The first-order valence-electron chi connectivity index (χ1n) is 15.3. The van der Waals surface area contributed by atoms with Crippen LogP contribution in [-0.4, -0.2) is 0 Å². The summed E-state index contributed by atoms with van der Waals surface area (Å²) in [6.07, 6.45) is -9.01. The smallest absolute Gasteiger partial charge is 0.166 e. The fourth-order valence-electron chi connectivity index (χ4n) is 6.92. The van der Waals surface area contributed by atoms with Gasteiger partial charge in [-0.05, 0) is 113 Å². The molecule has 0 bridgehead atoms. The molecule has 0 aliphatic rings. The van der Waals surface area contributed by atoms with Gasteiger partial charge < -0.3 is 0 Å². The van der Waals surface area contributed by atoms with E-state index in [0.717, 1.165) is 78.5 Å². The van der Waals surface area contributed by atoms with Crippen LogP contribution in [0.3, 0.4) is 0 Å². The predicted molar refractivity (Wildman–Crippen MR) is 183 cm³/mol. The van der Waals surface area contributed by atoms with Gasteiger partial charge in [-0.15, -0.1) is 0 Å². The third-order valence-electron chi connectivity index (χ3n) is 9.09. The van der Waals surface area contributed by atoms with E-state index in [0.29, 0.717) is 22.3 Å². The summed E-state index contributed by atoms with van der Waals surface area (Å²) in [5.74, 6) is 0. The fraction of sp³-hybridized carbons (Fsp3) is 0.0476. The van der Waals surface area contributed by atoms with Crippen LogP contribution in [0, 0.1) is 0 Å². The molecule has 0 amide bonds. The minimum atomic E-state index is -4.52. The van der Waals surface area contributed by atoms with Crippen LogP contribution in [0.15, 0.2) is 146 Å². The Hall–Kier alpha value is -5.62. The van der Waals surface area contributed by atoms with Gasteiger partial charge in [-0.2, -0.15) is 26.3 Å². The van der Waals surface area contributed by atoms with E-state index in [4.69, 9.17) is 0 Å². The molecule has 8 aromatic carbocycles. The molecule has 0 atom stereocenters. The molecule has 0 fully saturated rings. The highest BCUT2D eigenvalue weighted by Crippen LogP contribution is 2.48. The molecule has 0 aromatic heterocycles. The van der Waals surface area contributed by atoms with Crippen LogP contribution in [-0.2, 0) is 12.4 Å².